The fourth-order valence-corrected chi connectivity index (χ4v) is 4.25. The van der Waals surface area contributed by atoms with Crippen molar-refractivity contribution in [2.75, 3.05) is 47.4 Å². The lowest BCUT2D eigenvalue weighted by Gasteiger charge is -2.37. The summed E-state index contributed by atoms with van der Waals surface area (Å²) in [5, 5.41) is 0.596. The lowest BCUT2D eigenvalue weighted by molar-refractivity contribution is -0.131. The Kier molecular flexibility index (Phi) is 8.51. The van der Waals surface area contributed by atoms with Crippen LogP contribution in [0.5, 0.6) is 5.75 Å². The van der Waals surface area contributed by atoms with Gasteiger partial charge in [0.1, 0.15) is 17.3 Å². The molecule has 186 valence electrons. The summed E-state index contributed by atoms with van der Waals surface area (Å²) in [5.41, 5.74) is 18.8. The normalized spacial score (nSPS) is 18.2. The van der Waals surface area contributed by atoms with Gasteiger partial charge in [0.05, 0.1) is 12.8 Å². The van der Waals surface area contributed by atoms with E-state index in [4.69, 9.17) is 27.8 Å². The van der Waals surface area contributed by atoms with E-state index in [0.717, 1.165) is 31.5 Å². The average molecular weight is 492 g/mol. The molecule has 0 radical (unpaired) electrons. The lowest BCUT2D eigenvalue weighted by atomic mass is 9.97. The van der Waals surface area contributed by atoms with E-state index in [1.54, 1.807) is 13.2 Å². The van der Waals surface area contributed by atoms with Crippen LogP contribution in [-0.2, 0) is 16.1 Å². The number of nitrogens with zero attached hydrogens (tertiary/aromatic N) is 3. The summed E-state index contributed by atoms with van der Waals surface area (Å²) < 4.78 is 5.46. The molecule has 0 saturated carbocycles. The van der Waals surface area contributed by atoms with Gasteiger partial charge >= 0.3 is 0 Å². The molecule has 0 spiro atoms. The molecule has 2 amide bonds. The molecule has 0 unspecified atom stereocenters. The van der Waals surface area contributed by atoms with Crippen molar-refractivity contribution >= 4 is 23.4 Å². The molecule has 0 aliphatic carbocycles. The highest BCUT2D eigenvalue weighted by atomic mass is 35.5. The molecular weight excluding hydrogens is 458 g/mol. The van der Waals surface area contributed by atoms with Crippen molar-refractivity contribution in [1.29, 1.82) is 0 Å². The van der Waals surface area contributed by atoms with Crippen molar-refractivity contribution in [3.63, 3.8) is 0 Å². The van der Waals surface area contributed by atoms with Crippen LogP contribution in [0.3, 0.4) is 0 Å². The lowest BCUT2D eigenvalue weighted by Crippen LogP contribution is -2.48. The van der Waals surface area contributed by atoms with E-state index >= 15 is 0 Å². The number of allylic oxidation sites excluding steroid dienone is 1. The largest absolute Gasteiger partial charge is 0.496 e. The van der Waals surface area contributed by atoms with E-state index in [2.05, 4.69) is 15.8 Å². The summed E-state index contributed by atoms with van der Waals surface area (Å²) in [6, 6.07) is 5.41. The number of ether oxygens (including phenoxy) is 1. The van der Waals surface area contributed by atoms with Crippen LogP contribution in [-0.4, -0.2) is 73.9 Å². The number of nitrogens with one attached hydrogen (secondary N) is 2. The SMILES string of the molecule is COc1ccc(Cl)cc1CN1CCN(C)C(N)=C1/C=C(\N)C(=O)NNC(=O)C1CCN(C)CC1. The summed E-state index contributed by atoms with van der Waals surface area (Å²) in [4.78, 5) is 31.1. The Labute approximate surface area is 205 Å². The maximum absolute atomic E-state index is 12.6. The molecule has 3 rings (SSSR count). The minimum atomic E-state index is -0.602. The van der Waals surface area contributed by atoms with Gasteiger partial charge < -0.3 is 30.9 Å². The second-order valence-electron chi connectivity index (χ2n) is 8.69. The van der Waals surface area contributed by atoms with Gasteiger partial charge in [-0.3, -0.25) is 20.4 Å². The Morgan fingerprint density at radius 2 is 1.88 bits per heavy atom. The number of amides is 2. The number of hydrogen-bond acceptors (Lipinski definition) is 8. The number of likely N-dealkylation sites (N-methyl/N-ethyl adjacent to an activating group) is 1. The number of carbonyl (C=O) groups is 2. The van der Waals surface area contributed by atoms with Crippen LogP contribution in [0.25, 0.3) is 0 Å². The van der Waals surface area contributed by atoms with E-state index < -0.39 is 5.91 Å². The quantitative estimate of drug-likeness (QED) is 0.335. The van der Waals surface area contributed by atoms with E-state index in [0.29, 0.717) is 41.9 Å². The van der Waals surface area contributed by atoms with Crippen molar-refractivity contribution in [3.8, 4) is 5.75 Å². The number of methoxy groups -OCH3 is 1. The van der Waals surface area contributed by atoms with Gasteiger partial charge in [0, 0.05) is 43.2 Å². The monoisotopic (exact) mass is 491 g/mol. The maximum atomic E-state index is 12.6. The first-order chi connectivity index (χ1) is 16.2. The molecule has 6 N–H and O–H groups in total. The van der Waals surface area contributed by atoms with E-state index in [9.17, 15) is 9.59 Å². The van der Waals surface area contributed by atoms with Crippen molar-refractivity contribution in [2.45, 2.75) is 19.4 Å². The zero-order valence-electron chi connectivity index (χ0n) is 19.9. The Morgan fingerprint density at radius 3 is 2.56 bits per heavy atom. The van der Waals surface area contributed by atoms with Crippen LogP contribution < -0.4 is 27.1 Å². The number of hydrazine groups is 1. The van der Waals surface area contributed by atoms with Crippen LogP contribution in [0.15, 0.2) is 41.5 Å². The van der Waals surface area contributed by atoms with Gasteiger partial charge in [-0.1, -0.05) is 11.6 Å². The highest BCUT2D eigenvalue weighted by molar-refractivity contribution is 6.30. The molecule has 1 aromatic rings. The Hall–Kier alpha value is -3.11. The molecule has 1 fully saturated rings. The smallest absolute Gasteiger partial charge is 0.285 e. The third kappa shape index (κ3) is 6.27. The van der Waals surface area contributed by atoms with E-state index in [1.807, 2.05) is 36.0 Å². The van der Waals surface area contributed by atoms with Gasteiger partial charge in [-0.25, -0.2) is 0 Å². The number of piperidine rings is 1. The summed E-state index contributed by atoms with van der Waals surface area (Å²) >= 11 is 6.19. The second-order valence-corrected chi connectivity index (χ2v) is 9.13. The Bertz CT molecular complexity index is 973. The predicted molar refractivity (Wildman–Crippen MR) is 131 cm³/mol. The molecule has 1 saturated heterocycles. The summed E-state index contributed by atoms with van der Waals surface area (Å²) in [6.07, 6.45) is 3.03. The van der Waals surface area contributed by atoms with Crippen molar-refractivity contribution < 1.29 is 14.3 Å². The van der Waals surface area contributed by atoms with Gasteiger partial charge in [-0.15, -0.1) is 0 Å². The standard InChI is InChI=1S/C23H34ClN7O3/c1-29-8-6-15(7-9-29)22(32)27-28-23(33)18(25)13-19-21(26)30(2)10-11-31(19)14-16-12-17(24)4-5-20(16)34-3/h4-5,12-13,15H,6-11,14,25-26H2,1-3H3,(H,27,32)(H,28,33)/b18-13-. The van der Waals surface area contributed by atoms with Crippen molar-refractivity contribution in [2.24, 2.45) is 17.4 Å². The molecule has 2 aliphatic rings. The van der Waals surface area contributed by atoms with Crippen LogP contribution in [0.4, 0.5) is 0 Å². The first kappa shape index (κ1) is 25.5. The molecular formula is C23H34ClN7O3. The predicted octanol–water partition coefficient (Wildman–Crippen LogP) is 0.556. The molecule has 1 aromatic carbocycles. The van der Waals surface area contributed by atoms with Crippen LogP contribution in [0.1, 0.15) is 18.4 Å². The maximum Gasteiger partial charge on any atom is 0.285 e. The van der Waals surface area contributed by atoms with Crippen LogP contribution in [0.2, 0.25) is 5.02 Å². The highest BCUT2D eigenvalue weighted by Gasteiger charge is 2.25. The number of carbonyl (C=O) groups excluding carboxylic acids is 2. The molecule has 2 aliphatic heterocycles. The van der Waals surface area contributed by atoms with Crippen LogP contribution in [0, 0.1) is 5.92 Å². The van der Waals surface area contributed by atoms with Crippen molar-refractivity contribution in [3.05, 3.63) is 52.1 Å². The third-order valence-corrected chi connectivity index (χ3v) is 6.50. The van der Waals surface area contributed by atoms with Gasteiger partial charge in [0.25, 0.3) is 5.91 Å². The number of benzene rings is 1. The molecule has 34 heavy (non-hydrogen) atoms. The summed E-state index contributed by atoms with van der Waals surface area (Å²) in [6.45, 7) is 3.52. The Morgan fingerprint density at radius 1 is 1.18 bits per heavy atom. The molecule has 10 nitrogen and oxygen atoms in total. The number of likely N-dealkylation sites (tertiary alicyclic amines) is 1. The van der Waals surface area contributed by atoms with E-state index in [-0.39, 0.29) is 17.5 Å². The average Bonchev–Trinajstić information content (AvgIpc) is 2.82. The van der Waals surface area contributed by atoms with Crippen molar-refractivity contribution in [1.82, 2.24) is 25.6 Å². The fraction of sp³-hybridized carbons (Fsp3) is 0.478. The van der Waals surface area contributed by atoms with Gasteiger partial charge in [-0.2, -0.15) is 0 Å². The first-order valence-electron chi connectivity index (χ1n) is 11.2. The molecule has 2 heterocycles. The fourth-order valence-electron chi connectivity index (χ4n) is 4.05. The molecule has 11 heteroatoms. The first-order valence-corrected chi connectivity index (χ1v) is 11.6. The van der Waals surface area contributed by atoms with Gasteiger partial charge in [0.2, 0.25) is 5.91 Å². The minimum absolute atomic E-state index is 0.0695. The minimum Gasteiger partial charge on any atom is -0.496 e. The number of nitrogens with two attached hydrogens (primary N) is 2. The number of halogens is 1. The zero-order valence-corrected chi connectivity index (χ0v) is 20.7. The van der Waals surface area contributed by atoms with Gasteiger partial charge in [-0.05, 0) is 57.3 Å². The highest BCUT2D eigenvalue weighted by Crippen LogP contribution is 2.27. The van der Waals surface area contributed by atoms with E-state index in [1.165, 1.54) is 6.08 Å². The summed E-state index contributed by atoms with van der Waals surface area (Å²) in [5.74, 6) is 0.247. The topological polar surface area (TPSA) is 129 Å². The third-order valence-electron chi connectivity index (χ3n) is 6.27. The molecule has 0 atom stereocenters. The molecule has 0 aromatic heterocycles. The Balaban J connectivity index is 1.71. The number of rotatable bonds is 6. The molecule has 0 bridgehead atoms. The summed E-state index contributed by atoms with van der Waals surface area (Å²) in [7, 11) is 5.50. The second kappa shape index (κ2) is 11.3. The number of hydrogen-bond donors (Lipinski definition) is 4. The zero-order chi connectivity index (χ0) is 24.8. The van der Waals surface area contributed by atoms with Gasteiger partial charge in [0.15, 0.2) is 0 Å². The van der Waals surface area contributed by atoms with Crippen LogP contribution >= 0.6 is 11.6 Å².